The molecule has 1 N–H and O–H groups in total. The molecule has 2 aromatic rings. The Morgan fingerprint density at radius 3 is 2.71 bits per heavy atom. The average Bonchev–Trinajstić information content (AvgIpc) is 2.55. The number of benzene rings is 1. The van der Waals surface area contributed by atoms with Crippen molar-refractivity contribution in [3.05, 3.63) is 58.4 Å². The van der Waals surface area contributed by atoms with Gasteiger partial charge in [0.05, 0.1) is 12.7 Å². The van der Waals surface area contributed by atoms with Crippen molar-refractivity contribution in [1.82, 2.24) is 10.3 Å². The minimum Gasteiger partial charge on any atom is -0.497 e. The maximum atomic E-state index is 12.9. The largest absolute Gasteiger partial charge is 0.497 e. The minimum absolute atomic E-state index is 0.124. The van der Waals surface area contributed by atoms with Gasteiger partial charge >= 0.3 is 6.18 Å². The molecule has 0 radical (unpaired) electrons. The summed E-state index contributed by atoms with van der Waals surface area (Å²) >= 11 is 6.07. The number of carbonyl (C=O) groups excluding carboxylic acids is 1. The summed E-state index contributed by atoms with van der Waals surface area (Å²) in [6, 6.07) is 7.02. The first-order valence-corrected chi connectivity index (χ1v) is 7.33. The van der Waals surface area contributed by atoms with Gasteiger partial charge in [0.1, 0.15) is 11.4 Å². The van der Waals surface area contributed by atoms with Gasteiger partial charge in [-0.2, -0.15) is 13.2 Å². The fourth-order valence-electron chi connectivity index (χ4n) is 2.07. The van der Waals surface area contributed by atoms with Gasteiger partial charge < -0.3 is 10.1 Å². The zero-order valence-electron chi connectivity index (χ0n) is 12.7. The van der Waals surface area contributed by atoms with Crippen molar-refractivity contribution in [2.75, 3.05) is 13.7 Å². The number of ether oxygens (including phenoxy) is 1. The molecule has 2 rings (SSSR count). The molecule has 0 bridgehead atoms. The summed E-state index contributed by atoms with van der Waals surface area (Å²) in [6.45, 7) is 0.124. The van der Waals surface area contributed by atoms with Gasteiger partial charge in [-0.3, -0.25) is 9.78 Å². The number of carbonyl (C=O) groups is 1. The monoisotopic (exact) mass is 358 g/mol. The lowest BCUT2D eigenvalue weighted by Crippen LogP contribution is -2.29. The van der Waals surface area contributed by atoms with Gasteiger partial charge in [-0.1, -0.05) is 17.7 Å². The second-order valence-corrected chi connectivity index (χ2v) is 5.27. The standard InChI is InChI=1S/C16H14ClF3N2O2/c1-24-11-5-4-10(13(17)9-11)6-8-22-15(23)14-12(16(18,19)20)3-2-7-21-14/h2-5,7,9H,6,8H2,1H3,(H,22,23). The number of halogens is 4. The fourth-order valence-corrected chi connectivity index (χ4v) is 2.33. The van der Waals surface area contributed by atoms with Crippen molar-refractivity contribution in [2.45, 2.75) is 12.6 Å². The van der Waals surface area contributed by atoms with E-state index in [0.717, 1.165) is 23.9 Å². The van der Waals surface area contributed by atoms with E-state index < -0.39 is 23.3 Å². The molecule has 1 heterocycles. The molecule has 0 aliphatic rings. The molecule has 0 aliphatic carbocycles. The third-order valence-electron chi connectivity index (χ3n) is 3.27. The van der Waals surface area contributed by atoms with Gasteiger partial charge in [0.2, 0.25) is 0 Å². The van der Waals surface area contributed by atoms with Crippen LogP contribution in [0.5, 0.6) is 5.75 Å². The molecule has 0 unspecified atom stereocenters. The van der Waals surface area contributed by atoms with Crippen LogP contribution in [-0.4, -0.2) is 24.5 Å². The SMILES string of the molecule is COc1ccc(CCNC(=O)c2ncccc2C(F)(F)F)c(Cl)c1. The highest BCUT2D eigenvalue weighted by molar-refractivity contribution is 6.31. The summed E-state index contributed by atoms with van der Waals surface area (Å²) < 4.78 is 43.6. The van der Waals surface area contributed by atoms with Crippen LogP contribution in [0.3, 0.4) is 0 Å². The number of rotatable bonds is 5. The zero-order valence-corrected chi connectivity index (χ0v) is 13.4. The Morgan fingerprint density at radius 2 is 2.08 bits per heavy atom. The van der Waals surface area contributed by atoms with E-state index in [9.17, 15) is 18.0 Å². The highest BCUT2D eigenvalue weighted by Gasteiger charge is 2.35. The molecule has 0 fully saturated rings. The van der Waals surface area contributed by atoms with Crippen LogP contribution >= 0.6 is 11.6 Å². The Labute approximate surface area is 141 Å². The van der Waals surface area contributed by atoms with Crippen molar-refractivity contribution in [2.24, 2.45) is 0 Å². The Kier molecular flexibility index (Phi) is 5.66. The normalized spacial score (nSPS) is 11.2. The first-order chi connectivity index (χ1) is 11.3. The van der Waals surface area contributed by atoms with E-state index in [2.05, 4.69) is 10.3 Å². The lowest BCUT2D eigenvalue weighted by atomic mass is 10.1. The van der Waals surface area contributed by atoms with E-state index >= 15 is 0 Å². The number of nitrogens with one attached hydrogen (secondary N) is 1. The summed E-state index contributed by atoms with van der Waals surface area (Å²) in [4.78, 5) is 15.5. The number of hydrogen-bond acceptors (Lipinski definition) is 3. The van der Waals surface area contributed by atoms with Crippen molar-refractivity contribution in [1.29, 1.82) is 0 Å². The molecular formula is C16H14ClF3N2O2. The second-order valence-electron chi connectivity index (χ2n) is 4.86. The van der Waals surface area contributed by atoms with Gasteiger partial charge in [0.25, 0.3) is 5.91 Å². The first-order valence-electron chi connectivity index (χ1n) is 6.95. The van der Waals surface area contributed by atoms with Crippen LogP contribution in [0.25, 0.3) is 0 Å². The van der Waals surface area contributed by atoms with Crippen LogP contribution in [0.15, 0.2) is 36.5 Å². The molecule has 0 spiro atoms. The topological polar surface area (TPSA) is 51.2 Å². The summed E-state index contributed by atoms with van der Waals surface area (Å²) in [5.74, 6) is -0.288. The second kappa shape index (κ2) is 7.53. The van der Waals surface area contributed by atoms with Crippen LogP contribution in [0.4, 0.5) is 13.2 Å². The quantitative estimate of drug-likeness (QED) is 0.886. The summed E-state index contributed by atoms with van der Waals surface area (Å²) in [6.07, 6.45) is -3.13. The maximum Gasteiger partial charge on any atom is 0.418 e. The van der Waals surface area contributed by atoms with Crippen LogP contribution in [0.1, 0.15) is 21.6 Å². The summed E-state index contributed by atoms with van der Waals surface area (Å²) in [7, 11) is 1.51. The van der Waals surface area contributed by atoms with Gasteiger partial charge in [-0.15, -0.1) is 0 Å². The maximum absolute atomic E-state index is 12.9. The summed E-state index contributed by atoms with van der Waals surface area (Å²) in [5.41, 5.74) is -0.967. The van der Waals surface area contributed by atoms with Crippen LogP contribution in [0.2, 0.25) is 5.02 Å². The minimum atomic E-state index is -4.64. The number of alkyl halides is 3. The highest BCUT2D eigenvalue weighted by atomic mass is 35.5. The van der Waals surface area contributed by atoms with E-state index in [1.54, 1.807) is 18.2 Å². The predicted molar refractivity (Wildman–Crippen MR) is 83.3 cm³/mol. The van der Waals surface area contributed by atoms with E-state index in [1.807, 2.05) is 0 Å². The molecule has 24 heavy (non-hydrogen) atoms. The molecule has 1 aromatic carbocycles. The molecular weight excluding hydrogens is 345 g/mol. The van der Waals surface area contributed by atoms with Crippen molar-refractivity contribution in [3.8, 4) is 5.75 Å². The van der Waals surface area contributed by atoms with Crippen molar-refractivity contribution >= 4 is 17.5 Å². The third-order valence-corrected chi connectivity index (χ3v) is 3.62. The number of nitrogens with zero attached hydrogens (tertiary/aromatic N) is 1. The molecule has 0 atom stereocenters. The molecule has 0 saturated carbocycles. The van der Waals surface area contributed by atoms with Crippen molar-refractivity contribution in [3.63, 3.8) is 0 Å². The zero-order chi connectivity index (χ0) is 17.7. The lowest BCUT2D eigenvalue weighted by Gasteiger charge is -2.12. The van der Waals surface area contributed by atoms with E-state index in [-0.39, 0.29) is 6.54 Å². The Morgan fingerprint density at radius 1 is 1.33 bits per heavy atom. The third kappa shape index (κ3) is 4.38. The van der Waals surface area contributed by atoms with Crippen LogP contribution in [0, 0.1) is 0 Å². The van der Waals surface area contributed by atoms with Gasteiger partial charge in [0, 0.05) is 17.8 Å². The van der Waals surface area contributed by atoms with E-state index in [0.29, 0.717) is 17.2 Å². The molecule has 128 valence electrons. The molecule has 1 amide bonds. The first kappa shape index (κ1) is 18.1. The molecule has 0 aliphatic heterocycles. The van der Waals surface area contributed by atoms with Crippen molar-refractivity contribution < 1.29 is 22.7 Å². The molecule has 8 heteroatoms. The number of pyridine rings is 1. The fraction of sp³-hybridized carbons (Fsp3) is 0.250. The summed E-state index contributed by atoms with van der Waals surface area (Å²) in [5, 5.41) is 2.88. The van der Waals surface area contributed by atoms with E-state index in [4.69, 9.17) is 16.3 Å². The lowest BCUT2D eigenvalue weighted by molar-refractivity contribution is -0.138. The van der Waals surface area contributed by atoms with Gasteiger partial charge in [-0.25, -0.2) is 0 Å². The number of amides is 1. The Bertz CT molecular complexity index is 736. The Balaban J connectivity index is 2.02. The molecule has 4 nitrogen and oxygen atoms in total. The smallest absolute Gasteiger partial charge is 0.418 e. The van der Waals surface area contributed by atoms with Crippen LogP contribution < -0.4 is 10.1 Å². The van der Waals surface area contributed by atoms with Gasteiger partial charge in [0.15, 0.2) is 0 Å². The average molecular weight is 359 g/mol. The number of methoxy groups -OCH3 is 1. The molecule has 0 saturated heterocycles. The molecule has 1 aromatic heterocycles. The van der Waals surface area contributed by atoms with Gasteiger partial charge in [-0.05, 0) is 36.2 Å². The highest BCUT2D eigenvalue weighted by Crippen LogP contribution is 2.30. The number of hydrogen-bond donors (Lipinski definition) is 1. The Hall–Kier alpha value is -2.28. The van der Waals surface area contributed by atoms with E-state index in [1.165, 1.54) is 7.11 Å². The predicted octanol–water partition coefficient (Wildman–Crippen LogP) is 3.73. The van der Waals surface area contributed by atoms with Crippen LogP contribution in [-0.2, 0) is 12.6 Å². The number of aromatic nitrogens is 1.